The first kappa shape index (κ1) is 19.8. The first-order valence-electron chi connectivity index (χ1n) is 8.85. The highest BCUT2D eigenvalue weighted by atomic mass is 16.5. The third-order valence-electron chi connectivity index (χ3n) is 3.64. The van der Waals surface area contributed by atoms with Crippen LogP contribution in [0.15, 0.2) is 34.9 Å². The highest BCUT2D eigenvalue weighted by Crippen LogP contribution is 2.23. The number of amides is 2. The molecule has 0 saturated heterocycles. The highest BCUT2D eigenvalue weighted by Gasteiger charge is 2.22. The van der Waals surface area contributed by atoms with Gasteiger partial charge in [0.15, 0.2) is 5.76 Å². The topological polar surface area (TPSA) is 67.6 Å². The first-order chi connectivity index (χ1) is 12.2. The van der Waals surface area contributed by atoms with Gasteiger partial charge in [-0.15, -0.1) is 0 Å². The van der Waals surface area contributed by atoms with Crippen molar-refractivity contribution in [3.8, 4) is 17.1 Å². The lowest BCUT2D eigenvalue weighted by Crippen LogP contribution is -2.49. The number of aromatic nitrogens is 1. The fraction of sp³-hybridized carbons (Fsp3) is 0.500. The number of hydrogen-bond acceptors (Lipinski definition) is 4. The summed E-state index contributed by atoms with van der Waals surface area (Å²) in [4.78, 5) is 14.4. The van der Waals surface area contributed by atoms with E-state index in [2.05, 4.69) is 24.3 Å². The molecule has 2 rings (SSSR count). The van der Waals surface area contributed by atoms with Gasteiger partial charge in [0.2, 0.25) is 0 Å². The Morgan fingerprint density at radius 1 is 1.27 bits per heavy atom. The molecule has 0 bridgehead atoms. The van der Waals surface area contributed by atoms with E-state index in [0.717, 1.165) is 17.0 Å². The highest BCUT2D eigenvalue weighted by molar-refractivity contribution is 5.75. The van der Waals surface area contributed by atoms with Crippen LogP contribution in [0.2, 0.25) is 0 Å². The maximum absolute atomic E-state index is 12.6. The third kappa shape index (κ3) is 5.79. The molecule has 1 N–H and O–H groups in total. The van der Waals surface area contributed by atoms with Gasteiger partial charge in [0.25, 0.3) is 0 Å². The van der Waals surface area contributed by atoms with Crippen LogP contribution in [0.1, 0.15) is 40.3 Å². The van der Waals surface area contributed by atoms with Crippen LogP contribution in [-0.2, 0) is 6.54 Å². The average Bonchev–Trinajstić information content (AvgIpc) is 3.01. The van der Waals surface area contributed by atoms with Gasteiger partial charge in [-0.3, -0.25) is 0 Å². The van der Waals surface area contributed by atoms with Crippen LogP contribution >= 0.6 is 0 Å². The summed E-state index contributed by atoms with van der Waals surface area (Å²) >= 11 is 0. The van der Waals surface area contributed by atoms with E-state index in [0.29, 0.717) is 24.8 Å². The van der Waals surface area contributed by atoms with Gasteiger partial charge in [0.05, 0.1) is 13.7 Å². The quantitative estimate of drug-likeness (QED) is 0.834. The molecule has 0 atom stereocenters. The molecule has 0 aliphatic carbocycles. The van der Waals surface area contributed by atoms with Gasteiger partial charge in [-0.05, 0) is 51.0 Å². The molecule has 0 unspecified atom stereocenters. The van der Waals surface area contributed by atoms with E-state index in [1.807, 2.05) is 51.1 Å². The van der Waals surface area contributed by atoms with Crippen LogP contribution in [0, 0.1) is 5.92 Å². The van der Waals surface area contributed by atoms with Crippen LogP contribution < -0.4 is 10.1 Å². The normalized spacial score (nSPS) is 11.5. The average molecular weight is 359 g/mol. The smallest absolute Gasteiger partial charge is 0.318 e. The summed E-state index contributed by atoms with van der Waals surface area (Å²) in [7, 11) is 1.63. The molecule has 0 radical (unpaired) electrons. The zero-order chi connectivity index (χ0) is 19.3. The zero-order valence-electron chi connectivity index (χ0n) is 16.5. The summed E-state index contributed by atoms with van der Waals surface area (Å²) in [6.07, 6.45) is 0. The minimum Gasteiger partial charge on any atom is -0.497 e. The second-order valence-corrected chi connectivity index (χ2v) is 7.87. The second-order valence-electron chi connectivity index (χ2n) is 7.87. The maximum atomic E-state index is 12.6. The number of urea groups is 1. The third-order valence-corrected chi connectivity index (χ3v) is 3.64. The number of nitrogens with zero attached hydrogens (tertiary/aromatic N) is 2. The van der Waals surface area contributed by atoms with Crippen LogP contribution in [-0.4, -0.2) is 35.3 Å². The van der Waals surface area contributed by atoms with Crippen molar-refractivity contribution in [2.45, 2.75) is 46.7 Å². The van der Waals surface area contributed by atoms with Crippen molar-refractivity contribution in [3.05, 3.63) is 36.0 Å². The molecule has 6 nitrogen and oxygen atoms in total. The molecule has 0 spiro atoms. The molecule has 2 aromatic rings. The molecular weight excluding hydrogens is 330 g/mol. The van der Waals surface area contributed by atoms with E-state index in [-0.39, 0.29) is 11.6 Å². The largest absolute Gasteiger partial charge is 0.497 e. The fourth-order valence-electron chi connectivity index (χ4n) is 2.53. The van der Waals surface area contributed by atoms with Gasteiger partial charge in [-0.1, -0.05) is 19.0 Å². The zero-order valence-corrected chi connectivity index (χ0v) is 16.5. The molecule has 0 fully saturated rings. The molecule has 0 aliphatic heterocycles. The van der Waals surface area contributed by atoms with Crippen molar-refractivity contribution in [2.75, 3.05) is 13.7 Å². The molecular formula is C20H29N3O3. The molecule has 1 aromatic carbocycles. The lowest BCUT2D eigenvalue weighted by atomic mass is 10.1. The van der Waals surface area contributed by atoms with E-state index in [4.69, 9.17) is 9.26 Å². The number of ether oxygens (including phenoxy) is 1. The summed E-state index contributed by atoms with van der Waals surface area (Å²) in [6, 6.07) is 9.36. The predicted octanol–water partition coefficient (Wildman–Crippen LogP) is 4.32. The Morgan fingerprint density at radius 2 is 1.92 bits per heavy atom. The predicted molar refractivity (Wildman–Crippen MR) is 102 cm³/mol. The van der Waals surface area contributed by atoms with Crippen molar-refractivity contribution in [2.24, 2.45) is 5.92 Å². The Morgan fingerprint density at radius 3 is 2.46 bits per heavy atom. The van der Waals surface area contributed by atoms with Crippen LogP contribution in [0.4, 0.5) is 4.79 Å². The molecule has 26 heavy (non-hydrogen) atoms. The Balaban J connectivity index is 2.12. The molecule has 2 amide bonds. The van der Waals surface area contributed by atoms with E-state index < -0.39 is 0 Å². The number of nitrogens with one attached hydrogen (secondary N) is 1. The number of benzene rings is 1. The Kier molecular flexibility index (Phi) is 6.29. The molecule has 0 saturated carbocycles. The number of rotatable bonds is 6. The first-order valence-corrected chi connectivity index (χ1v) is 8.85. The number of methoxy groups -OCH3 is 1. The van der Waals surface area contributed by atoms with Crippen LogP contribution in [0.3, 0.4) is 0 Å². The second kappa shape index (κ2) is 8.25. The Hall–Kier alpha value is -2.50. The monoisotopic (exact) mass is 359 g/mol. The van der Waals surface area contributed by atoms with Crippen LogP contribution in [0.25, 0.3) is 11.3 Å². The molecule has 0 aliphatic rings. The lowest BCUT2D eigenvalue weighted by molar-refractivity contribution is 0.177. The minimum atomic E-state index is -0.287. The summed E-state index contributed by atoms with van der Waals surface area (Å²) in [5.41, 5.74) is 1.35. The SMILES string of the molecule is COc1ccc(-c2cc(CN(CC(C)C)C(=O)NC(C)(C)C)no2)cc1. The van der Waals surface area contributed by atoms with Gasteiger partial charge in [-0.2, -0.15) is 0 Å². The summed E-state index contributed by atoms with van der Waals surface area (Å²) in [5, 5.41) is 7.14. The van der Waals surface area contributed by atoms with Crippen molar-refractivity contribution in [1.29, 1.82) is 0 Å². The summed E-state index contributed by atoms with van der Waals surface area (Å²) < 4.78 is 10.6. The van der Waals surface area contributed by atoms with Crippen LogP contribution in [0.5, 0.6) is 5.75 Å². The summed E-state index contributed by atoms with van der Waals surface area (Å²) in [5.74, 6) is 1.81. The fourth-order valence-corrected chi connectivity index (χ4v) is 2.53. The van der Waals surface area contributed by atoms with Gasteiger partial charge in [0, 0.05) is 23.7 Å². The lowest BCUT2D eigenvalue weighted by Gasteiger charge is -2.29. The molecule has 1 aromatic heterocycles. The van der Waals surface area contributed by atoms with E-state index >= 15 is 0 Å². The van der Waals surface area contributed by atoms with Crippen molar-refractivity contribution in [3.63, 3.8) is 0 Å². The summed E-state index contributed by atoms with van der Waals surface area (Å²) in [6.45, 7) is 11.1. The Bertz CT molecular complexity index is 715. The van der Waals surface area contributed by atoms with Gasteiger partial charge in [0.1, 0.15) is 11.4 Å². The molecule has 6 heteroatoms. The molecule has 142 valence electrons. The van der Waals surface area contributed by atoms with Gasteiger partial charge < -0.3 is 19.5 Å². The number of hydrogen-bond donors (Lipinski definition) is 1. The van der Waals surface area contributed by atoms with Crippen molar-refractivity contribution in [1.82, 2.24) is 15.4 Å². The van der Waals surface area contributed by atoms with E-state index in [1.54, 1.807) is 12.0 Å². The minimum absolute atomic E-state index is 0.0970. The standard InChI is InChI=1S/C20H29N3O3/c1-14(2)12-23(19(24)21-20(3,4)5)13-16-11-18(26-22-16)15-7-9-17(25-6)10-8-15/h7-11,14H,12-13H2,1-6H3,(H,21,24). The number of carbonyl (C=O) groups excluding carboxylic acids is 1. The van der Waals surface area contributed by atoms with Gasteiger partial charge >= 0.3 is 6.03 Å². The Labute approximate surface area is 155 Å². The van der Waals surface area contributed by atoms with Crippen molar-refractivity contribution < 1.29 is 14.1 Å². The maximum Gasteiger partial charge on any atom is 0.318 e. The number of carbonyl (C=O) groups is 1. The van der Waals surface area contributed by atoms with E-state index in [9.17, 15) is 4.79 Å². The molecule has 1 heterocycles. The van der Waals surface area contributed by atoms with E-state index in [1.165, 1.54) is 0 Å². The van der Waals surface area contributed by atoms with Crippen molar-refractivity contribution >= 4 is 6.03 Å². The van der Waals surface area contributed by atoms with Gasteiger partial charge in [-0.25, -0.2) is 4.79 Å².